The second-order valence-corrected chi connectivity index (χ2v) is 7.66. The van der Waals surface area contributed by atoms with Gasteiger partial charge in [-0.1, -0.05) is 24.3 Å². The fourth-order valence-electron chi connectivity index (χ4n) is 3.71. The number of ether oxygens (including phenoxy) is 2. The van der Waals surface area contributed by atoms with Crippen LogP contribution in [0.15, 0.2) is 42.5 Å². The molecule has 0 spiro atoms. The highest BCUT2D eigenvalue weighted by atomic mass is 16.7. The first-order valence-corrected chi connectivity index (χ1v) is 10.6. The third-order valence-electron chi connectivity index (χ3n) is 5.19. The van der Waals surface area contributed by atoms with Crippen LogP contribution in [0.5, 0.6) is 11.5 Å². The van der Waals surface area contributed by atoms with Crippen molar-refractivity contribution in [3.8, 4) is 11.5 Å². The highest BCUT2D eigenvalue weighted by Gasteiger charge is 2.18. The molecule has 0 atom stereocenters. The average molecular weight is 409 g/mol. The molecular weight excluding hydrogens is 378 g/mol. The van der Waals surface area contributed by atoms with Gasteiger partial charge in [-0.2, -0.15) is 0 Å². The number of hydrogen-bond donors (Lipinski definition) is 2. The standard InChI is InChI=1S/C23H29N5O2/c1-24-12-5-6-13-25-23-18-9-3-4-10-19(18)26-21(27-23)15-28(2)14-17-8-7-11-20-22(17)30-16-29-20/h3-4,7-11,24H,5-6,12-16H2,1-2H3,(H,25,26,27)/p+1. The maximum atomic E-state index is 5.64. The van der Waals surface area contributed by atoms with E-state index in [4.69, 9.17) is 19.4 Å². The van der Waals surface area contributed by atoms with E-state index in [1.807, 2.05) is 30.3 Å². The summed E-state index contributed by atoms with van der Waals surface area (Å²) in [4.78, 5) is 11.8. The zero-order chi connectivity index (χ0) is 20.8. The van der Waals surface area contributed by atoms with Gasteiger partial charge in [0.2, 0.25) is 6.79 Å². The minimum atomic E-state index is 0.287. The Morgan fingerprint density at radius 1 is 1.03 bits per heavy atom. The molecule has 0 amide bonds. The highest BCUT2D eigenvalue weighted by Crippen LogP contribution is 2.35. The summed E-state index contributed by atoms with van der Waals surface area (Å²) in [5.74, 6) is 3.39. The topological polar surface area (TPSA) is 76.1 Å². The number of aromatic nitrogens is 2. The van der Waals surface area contributed by atoms with Crippen LogP contribution >= 0.6 is 0 Å². The number of hydrogen-bond acceptors (Lipinski definition) is 6. The third-order valence-corrected chi connectivity index (χ3v) is 5.19. The summed E-state index contributed by atoms with van der Waals surface area (Å²) in [6.07, 6.45) is 2.31. The molecule has 0 unspecified atom stereocenters. The quantitative estimate of drug-likeness (QED) is 0.502. The van der Waals surface area contributed by atoms with Gasteiger partial charge in [-0.25, -0.2) is 9.97 Å². The number of rotatable bonds is 10. The van der Waals surface area contributed by atoms with Crippen molar-refractivity contribution in [1.29, 1.82) is 0 Å². The van der Waals surface area contributed by atoms with Gasteiger partial charge in [-0.3, -0.25) is 4.90 Å². The van der Waals surface area contributed by atoms with E-state index >= 15 is 0 Å². The molecule has 7 nitrogen and oxygen atoms in total. The molecule has 158 valence electrons. The van der Waals surface area contributed by atoms with Gasteiger partial charge in [-0.05, 0) is 38.1 Å². The third kappa shape index (κ3) is 4.80. The van der Waals surface area contributed by atoms with Gasteiger partial charge in [0.05, 0.1) is 25.7 Å². The largest absolute Gasteiger partial charge is 0.454 e. The minimum absolute atomic E-state index is 0.287. The lowest BCUT2D eigenvalue weighted by atomic mass is 10.1. The van der Waals surface area contributed by atoms with E-state index in [-0.39, 0.29) is 6.79 Å². The van der Waals surface area contributed by atoms with Gasteiger partial charge in [-0.15, -0.1) is 0 Å². The number of anilines is 1. The predicted octanol–water partition coefficient (Wildman–Crippen LogP) is 2.38. The van der Waals surface area contributed by atoms with Crippen LogP contribution in [0.2, 0.25) is 0 Å². The highest BCUT2D eigenvalue weighted by molar-refractivity contribution is 5.88. The molecular formula is C23H30N5O2+. The molecule has 0 bridgehead atoms. The lowest BCUT2D eigenvalue weighted by Crippen LogP contribution is -2.79. The van der Waals surface area contributed by atoms with Crippen molar-refractivity contribution in [3.63, 3.8) is 0 Å². The van der Waals surface area contributed by atoms with Gasteiger partial charge in [0.1, 0.15) is 11.6 Å². The van der Waals surface area contributed by atoms with E-state index < -0.39 is 0 Å². The molecule has 2 heterocycles. The molecule has 3 N–H and O–H groups in total. The molecule has 0 saturated carbocycles. The summed E-state index contributed by atoms with van der Waals surface area (Å²) in [6.45, 7) is 3.74. The summed E-state index contributed by atoms with van der Waals surface area (Å²) in [6, 6.07) is 14.2. The number of fused-ring (bicyclic) bond motifs is 2. The Morgan fingerprint density at radius 2 is 1.93 bits per heavy atom. The van der Waals surface area contributed by atoms with E-state index in [0.29, 0.717) is 6.54 Å². The Hall–Kier alpha value is -2.90. The molecule has 30 heavy (non-hydrogen) atoms. The number of nitrogens with one attached hydrogen (secondary N) is 1. The Morgan fingerprint density at radius 3 is 2.83 bits per heavy atom. The van der Waals surface area contributed by atoms with Gasteiger partial charge in [0, 0.05) is 24.0 Å². The van der Waals surface area contributed by atoms with Crippen molar-refractivity contribution < 1.29 is 14.8 Å². The van der Waals surface area contributed by atoms with E-state index in [1.54, 1.807) is 0 Å². The smallest absolute Gasteiger partial charge is 0.231 e. The zero-order valence-corrected chi connectivity index (χ0v) is 17.7. The lowest BCUT2D eigenvalue weighted by Gasteiger charge is -2.18. The summed E-state index contributed by atoms with van der Waals surface area (Å²) < 4.78 is 11.1. The van der Waals surface area contributed by atoms with Gasteiger partial charge >= 0.3 is 0 Å². The van der Waals surface area contributed by atoms with Crippen molar-refractivity contribution in [3.05, 3.63) is 53.9 Å². The predicted molar refractivity (Wildman–Crippen MR) is 118 cm³/mol. The van der Waals surface area contributed by atoms with Gasteiger partial charge in [0.15, 0.2) is 11.5 Å². The number of para-hydroxylation sites is 2. The van der Waals surface area contributed by atoms with Crippen LogP contribution in [0, 0.1) is 0 Å². The van der Waals surface area contributed by atoms with Crippen LogP contribution in [0.4, 0.5) is 5.82 Å². The van der Waals surface area contributed by atoms with E-state index in [0.717, 1.165) is 65.7 Å². The van der Waals surface area contributed by atoms with Crippen molar-refractivity contribution in [2.45, 2.75) is 25.9 Å². The Labute approximate surface area is 177 Å². The van der Waals surface area contributed by atoms with Crippen molar-refractivity contribution >= 4 is 16.7 Å². The number of benzene rings is 2. The lowest BCUT2D eigenvalue weighted by molar-refractivity contribution is -0.627. The molecule has 2 aromatic carbocycles. The Bertz CT molecular complexity index is 994. The molecule has 1 aromatic heterocycles. The molecule has 3 aromatic rings. The first kappa shape index (κ1) is 20.4. The summed E-state index contributed by atoms with van der Waals surface area (Å²) >= 11 is 0. The number of quaternary nitrogens is 1. The van der Waals surface area contributed by atoms with Crippen LogP contribution < -0.4 is 20.1 Å². The van der Waals surface area contributed by atoms with Crippen molar-refractivity contribution in [2.75, 3.05) is 39.3 Å². The summed E-state index contributed by atoms with van der Waals surface area (Å²) in [5.41, 5.74) is 2.08. The zero-order valence-electron chi connectivity index (χ0n) is 17.7. The van der Waals surface area contributed by atoms with Crippen LogP contribution in [0.25, 0.3) is 10.9 Å². The minimum Gasteiger partial charge on any atom is -0.454 e. The number of unbranched alkanes of at least 4 members (excludes halogenated alkanes) is 1. The summed E-state index contributed by atoms with van der Waals surface area (Å²) in [7, 11) is 4.18. The SMILES string of the molecule is C[NH2+]CCCCNc1nc(CN(C)Cc2cccc3c2OCO3)nc2ccccc12. The molecule has 0 radical (unpaired) electrons. The number of nitrogens with zero attached hydrogens (tertiary/aromatic N) is 3. The molecule has 0 saturated heterocycles. The molecule has 1 aliphatic heterocycles. The monoisotopic (exact) mass is 408 g/mol. The molecule has 0 fully saturated rings. The molecule has 0 aliphatic carbocycles. The fraction of sp³-hybridized carbons (Fsp3) is 0.391. The number of nitrogens with two attached hydrogens (primary N) is 1. The fourth-order valence-corrected chi connectivity index (χ4v) is 3.71. The maximum Gasteiger partial charge on any atom is 0.231 e. The van der Waals surface area contributed by atoms with E-state index in [9.17, 15) is 0 Å². The van der Waals surface area contributed by atoms with E-state index in [1.165, 1.54) is 6.42 Å². The Kier molecular flexibility index (Phi) is 6.61. The van der Waals surface area contributed by atoms with Crippen molar-refractivity contribution in [2.24, 2.45) is 0 Å². The Balaban J connectivity index is 1.47. The molecule has 1 aliphatic rings. The maximum absolute atomic E-state index is 5.64. The van der Waals surface area contributed by atoms with Crippen LogP contribution in [0.3, 0.4) is 0 Å². The van der Waals surface area contributed by atoms with Crippen LogP contribution in [-0.4, -0.2) is 48.8 Å². The van der Waals surface area contributed by atoms with Crippen molar-refractivity contribution in [1.82, 2.24) is 14.9 Å². The van der Waals surface area contributed by atoms with Crippen LogP contribution in [0.1, 0.15) is 24.2 Å². The first-order chi connectivity index (χ1) is 14.7. The molecule has 7 heteroatoms. The second kappa shape index (κ2) is 9.73. The second-order valence-electron chi connectivity index (χ2n) is 7.66. The van der Waals surface area contributed by atoms with Gasteiger partial charge in [0.25, 0.3) is 0 Å². The van der Waals surface area contributed by atoms with E-state index in [2.05, 4.69) is 41.8 Å². The van der Waals surface area contributed by atoms with Gasteiger partial charge < -0.3 is 20.1 Å². The summed E-state index contributed by atoms with van der Waals surface area (Å²) in [5, 5.41) is 6.81. The average Bonchev–Trinajstić information content (AvgIpc) is 3.23. The first-order valence-electron chi connectivity index (χ1n) is 10.6. The normalized spacial score (nSPS) is 12.6. The van der Waals surface area contributed by atoms with Crippen LogP contribution in [-0.2, 0) is 13.1 Å². The molecule has 4 rings (SSSR count).